The largest absolute Gasteiger partial charge is 0.481 e. The van der Waals surface area contributed by atoms with Gasteiger partial charge in [-0.25, -0.2) is 0 Å². The lowest BCUT2D eigenvalue weighted by atomic mass is 9.44. The van der Waals surface area contributed by atoms with Gasteiger partial charge in [-0.2, -0.15) is 0 Å². The second-order valence-electron chi connectivity index (χ2n) is 14.0. The van der Waals surface area contributed by atoms with Crippen LogP contribution in [0.5, 0.6) is 0 Å². The SMILES string of the molecule is C=C(CC[C@H](C)[C@H]1CC[C@@]2(O)C3=C(C[C@@H](OC(C)=O)[C@]12C)[C@@]1(C)CC[C@H](O)[C@@](C)(C(=O)O)[C@@H]1CC3=O)C(C)C. The molecule has 0 amide bonds. The summed E-state index contributed by atoms with van der Waals surface area (Å²) in [6.45, 7) is 17.6. The molecule has 4 aliphatic carbocycles. The van der Waals surface area contributed by atoms with Crippen LogP contribution in [0.4, 0.5) is 0 Å². The number of hydrogen-bond acceptors (Lipinski definition) is 6. The minimum absolute atomic E-state index is 0.0247. The quantitative estimate of drug-likeness (QED) is 0.296. The van der Waals surface area contributed by atoms with Gasteiger partial charge in [0, 0.05) is 30.8 Å². The van der Waals surface area contributed by atoms with Gasteiger partial charge in [0.05, 0.1) is 11.5 Å². The van der Waals surface area contributed by atoms with Crippen molar-refractivity contribution in [2.24, 2.45) is 39.9 Å². The zero-order chi connectivity index (χ0) is 29.3. The molecule has 39 heavy (non-hydrogen) atoms. The number of esters is 1. The smallest absolute Gasteiger partial charge is 0.312 e. The number of hydrogen-bond donors (Lipinski definition) is 3. The van der Waals surface area contributed by atoms with E-state index in [1.165, 1.54) is 12.5 Å². The molecule has 218 valence electrons. The summed E-state index contributed by atoms with van der Waals surface area (Å²) >= 11 is 0. The van der Waals surface area contributed by atoms with Gasteiger partial charge in [0.25, 0.3) is 0 Å². The van der Waals surface area contributed by atoms with Gasteiger partial charge in [-0.05, 0) is 74.5 Å². The van der Waals surface area contributed by atoms with Crippen LogP contribution in [0.3, 0.4) is 0 Å². The molecular formula is C32H48O7. The predicted molar refractivity (Wildman–Crippen MR) is 148 cm³/mol. The Morgan fingerprint density at radius 3 is 2.31 bits per heavy atom. The van der Waals surface area contributed by atoms with Gasteiger partial charge in [-0.1, -0.05) is 52.3 Å². The van der Waals surface area contributed by atoms with Crippen molar-refractivity contribution < 1.29 is 34.4 Å². The number of allylic oxidation sites excluding steroid dienone is 1. The van der Waals surface area contributed by atoms with Crippen LogP contribution in [-0.2, 0) is 19.1 Å². The van der Waals surface area contributed by atoms with Crippen LogP contribution in [0, 0.1) is 39.9 Å². The number of carbonyl (C=O) groups is 3. The Bertz CT molecular complexity index is 1110. The molecule has 0 unspecified atom stereocenters. The molecule has 0 heterocycles. The van der Waals surface area contributed by atoms with E-state index in [1.807, 2.05) is 13.8 Å². The van der Waals surface area contributed by atoms with Crippen molar-refractivity contribution in [3.63, 3.8) is 0 Å². The minimum atomic E-state index is -1.49. The van der Waals surface area contributed by atoms with Crippen molar-refractivity contribution in [2.45, 2.75) is 118 Å². The number of ketones is 1. The monoisotopic (exact) mass is 544 g/mol. The van der Waals surface area contributed by atoms with E-state index in [9.17, 15) is 29.7 Å². The molecule has 0 spiro atoms. The van der Waals surface area contributed by atoms with Gasteiger partial charge in [-0.3, -0.25) is 14.4 Å². The number of carboxylic acids is 1. The first kappa shape index (κ1) is 30.0. The second kappa shape index (κ2) is 9.83. The lowest BCUT2D eigenvalue weighted by molar-refractivity contribution is -0.186. The van der Waals surface area contributed by atoms with Crippen molar-refractivity contribution in [3.05, 3.63) is 23.3 Å². The summed E-state index contributed by atoms with van der Waals surface area (Å²) in [5.74, 6) is -1.77. The summed E-state index contributed by atoms with van der Waals surface area (Å²) in [5.41, 5.74) is -2.20. The molecule has 2 saturated carbocycles. The average Bonchev–Trinajstić information content (AvgIpc) is 3.13. The molecule has 2 fully saturated rings. The molecule has 0 aromatic heterocycles. The van der Waals surface area contributed by atoms with Crippen LogP contribution >= 0.6 is 0 Å². The van der Waals surface area contributed by atoms with Crippen molar-refractivity contribution in [1.29, 1.82) is 0 Å². The highest BCUT2D eigenvalue weighted by molar-refractivity contribution is 6.01. The van der Waals surface area contributed by atoms with Crippen LogP contribution in [-0.4, -0.2) is 50.9 Å². The van der Waals surface area contributed by atoms with Gasteiger partial charge in [0.15, 0.2) is 5.78 Å². The Hall–Kier alpha value is -1.99. The first-order valence-corrected chi connectivity index (χ1v) is 14.7. The molecule has 7 nitrogen and oxygen atoms in total. The molecule has 0 aliphatic heterocycles. The number of aliphatic carboxylic acids is 1. The molecule has 0 aromatic carbocycles. The van der Waals surface area contributed by atoms with E-state index >= 15 is 0 Å². The van der Waals surface area contributed by atoms with E-state index in [2.05, 4.69) is 27.4 Å². The number of fused-ring (bicyclic) bond motifs is 4. The fourth-order valence-corrected chi connectivity index (χ4v) is 9.13. The number of ether oxygens (including phenoxy) is 1. The van der Waals surface area contributed by atoms with E-state index in [0.717, 1.165) is 18.4 Å². The molecule has 0 aromatic rings. The maximum Gasteiger partial charge on any atom is 0.312 e. The Balaban J connectivity index is 1.83. The van der Waals surface area contributed by atoms with Gasteiger partial charge >= 0.3 is 11.9 Å². The number of carboxylic acid groups (broad SMARTS) is 1. The van der Waals surface area contributed by atoms with Gasteiger partial charge in [0.1, 0.15) is 11.7 Å². The fourth-order valence-electron chi connectivity index (χ4n) is 9.13. The van der Waals surface area contributed by atoms with Crippen molar-refractivity contribution in [3.8, 4) is 0 Å². The minimum Gasteiger partial charge on any atom is -0.481 e. The van der Waals surface area contributed by atoms with Crippen LogP contribution in [0.15, 0.2) is 23.3 Å². The molecule has 0 bridgehead atoms. The second-order valence-corrected chi connectivity index (χ2v) is 14.0. The number of aliphatic hydroxyl groups excluding tert-OH is 1. The predicted octanol–water partition coefficient (Wildman–Crippen LogP) is 5.24. The topological polar surface area (TPSA) is 121 Å². The summed E-state index contributed by atoms with van der Waals surface area (Å²) in [5, 5.41) is 33.7. The summed E-state index contributed by atoms with van der Waals surface area (Å²) in [7, 11) is 0. The van der Waals surface area contributed by atoms with E-state index in [4.69, 9.17) is 4.74 Å². The number of aliphatic hydroxyl groups is 2. The summed E-state index contributed by atoms with van der Waals surface area (Å²) in [4.78, 5) is 39.0. The van der Waals surface area contributed by atoms with Crippen LogP contribution in [0.2, 0.25) is 0 Å². The number of rotatable bonds is 7. The van der Waals surface area contributed by atoms with Crippen LogP contribution < -0.4 is 0 Å². The Kier molecular flexibility index (Phi) is 7.56. The highest BCUT2D eigenvalue weighted by atomic mass is 16.5. The highest BCUT2D eigenvalue weighted by Crippen LogP contribution is 2.69. The zero-order valence-electron chi connectivity index (χ0n) is 24.8. The van der Waals surface area contributed by atoms with Crippen LogP contribution in [0.25, 0.3) is 0 Å². The van der Waals surface area contributed by atoms with Crippen molar-refractivity contribution in [1.82, 2.24) is 0 Å². The number of carbonyl (C=O) groups excluding carboxylic acids is 2. The lowest BCUT2D eigenvalue weighted by Crippen LogP contribution is -2.65. The summed E-state index contributed by atoms with van der Waals surface area (Å²) < 4.78 is 6.02. The Morgan fingerprint density at radius 2 is 1.74 bits per heavy atom. The third-order valence-electron chi connectivity index (χ3n) is 11.9. The normalized spacial score (nSPS) is 42.5. The van der Waals surface area contributed by atoms with E-state index in [1.54, 1.807) is 6.92 Å². The molecule has 0 saturated heterocycles. The van der Waals surface area contributed by atoms with Gasteiger partial charge in [-0.15, -0.1) is 0 Å². The van der Waals surface area contributed by atoms with Crippen molar-refractivity contribution >= 4 is 17.7 Å². The fraction of sp³-hybridized carbons (Fsp3) is 0.781. The standard InChI is InChI=1S/C32H48O7/c1-17(2)18(3)9-10-19(4)21-11-14-32(38)27-22(15-26(31(21,32)8)39-20(5)33)29(6)13-12-25(35)30(7,28(36)37)24(29)16-23(27)34/h17,19,21,24-26,35,38H,3,9-16H2,1-2,4-8H3,(H,36,37)/t19-,21+,24+,25-,26+,29+,30-,31-,32+/m0/s1. The van der Waals surface area contributed by atoms with Crippen molar-refractivity contribution in [2.75, 3.05) is 0 Å². The molecule has 4 rings (SSSR count). The van der Waals surface area contributed by atoms with E-state index < -0.39 is 51.9 Å². The molecule has 7 heteroatoms. The Labute approximate surface area is 233 Å². The van der Waals surface area contributed by atoms with Gasteiger partial charge in [0.2, 0.25) is 0 Å². The van der Waals surface area contributed by atoms with E-state index in [-0.39, 0.29) is 30.5 Å². The van der Waals surface area contributed by atoms with E-state index in [0.29, 0.717) is 37.2 Å². The molecule has 0 radical (unpaired) electrons. The highest BCUT2D eigenvalue weighted by Gasteiger charge is 2.71. The summed E-state index contributed by atoms with van der Waals surface area (Å²) in [6.07, 6.45) is 2.22. The average molecular weight is 545 g/mol. The zero-order valence-corrected chi connectivity index (χ0v) is 24.8. The Morgan fingerprint density at radius 1 is 1.10 bits per heavy atom. The van der Waals surface area contributed by atoms with Crippen LogP contribution in [0.1, 0.15) is 99.8 Å². The maximum absolute atomic E-state index is 14.0. The first-order chi connectivity index (χ1) is 18.0. The summed E-state index contributed by atoms with van der Waals surface area (Å²) in [6, 6.07) is 0. The molecule has 4 aliphatic rings. The van der Waals surface area contributed by atoms with Gasteiger partial charge < -0.3 is 20.1 Å². The third kappa shape index (κ3) is 4.16. The third-order valence-corrected chi connectivity index (χ3v) is 11.9. The molecule has 3 N–H and O–H groups in total. The first-order valence-electron chi connectivity index (χ1n) is 14.7. The maximum atomic E-state index is 14.0. The molecule has 9 atom stereocenters. The number of Topliss-reactive ketones (excluding diaryl/α,β-unsaturated/α-hetero) is 1. The molecular weight excluding hydrogens is 496 g/mol. The lowest BCUT2D eigenvalue weighted by Gasteiger charge is -2.61.